The van der Waals surface area contributed by atoms with Gasteiger partial charge >= 0.3 is 0 Å². The van der Waals surface area contributed by atoms with Gasteiger partial charge in [-0.05, 0) is 20.8 Å². The first kappa shape index (κ1) is 11.4. The number of ketones is 1. The minimum atomic E-state index is -0.215. The third-order valence-corrected chi connectivity index (χ3v) is 1.95. The second-order valence-corrected chi connectivity index (χ2v) is 4.33. The highest BCUT2D eigenvalue weighted by Gasteiger charge is 2.19. The summed E-state index contributed by atoms with van der Waals surface area (Å²) in [6.07, 6.45) is 2.20. The van der Waals surface area contributed by atoms with Crippen LogP contribution in [0.4, 0.5) is 5.69 Å². The molecule has 1 aromatic rings. The number of hydrogen-bond acceptors (Lipinski definition) is 3. The number of amides is 1. The highest BCUT2D eigenvalue weighted by atomic mass is 16.1. The number of rotatable bonds is 3. The molecule has 1 heterocycles. The Morgan fingerprint density at radius 2 is 2.13 bits per heavy atom. The number of anilines is 1. The quantitative estimate of drug-likeness (QED) is 0.604. The van der Waals surface area contributed by atoms with Gasteiger partial charge in [0.25, 0.3) is 0 Å². The molecule has 5 heteroatoms. The van der Waals surface area contributed by atoms with Crippen LogP contribution in [0.25, 0.3) is 0 Å². The fraction of sp³-hybridized carbons (Fsp3) is 0.500. The average molecular weight is 209 g/mol. The lowest BCUT2D eigenvalue weighted by Gasteiger charge is -2.18. The molecule has 82 valence electrons. The molecule has 0 saturated carbocycles. The van der Waals surface area contributed by atoms with Crippen LogP contribution in [-0.4, -0.2) is 22.0 Å². The van der Waals surface area contributed by atoms with Gasteiger partial charge in [0.1, 0.15) is 0 Å². The van der Waals surface area contributed by atoms with Crippen LogP contribution >= 0.6 is 0 Å². The van der Waals surface area contributed by atoms with Gasteiger partial charge in [-0.2, -0.15) is 5.10 Å². The van der Waals surface area contributed by atoms with E-state index < -0.39 is 0 Å². The molecule has 1 aromatic heterocycles. The monoisotopic (exact) mass is 209 g/mol. The van der Waals surface area contributed by atoms with Crippen LogP contribution in [0.2, 0.25) is 0 Å². The summed E-state index contributed by atoms with van der Waals surface area (Å²) in [6.45, 7) is 7.32. The summed E-state index contributed by atoms with van der Waals surface area (Å²) in [6, 6.07) is 0. The zero-order chi connectivity index (χ0) is 11.6. The van der Waals surface area contributed by atoms with Crippen LogP contribution in [0.15, 0.2) is 6.20 Å². The summed E-state index contributed by atoms with van der Waals surface area (Å²) < 4.78 is 1.66. The minimum absolute atomic E-state index is 0.164. The topological polar surface area (TPSA) is 64.0 Å². The van der Waals surface area contributed by atoms with Gasteiger partial charge in [0.2, 0.25) is 6.41 Å². The molecule has 0 bridgehead atoms. The number of Topliss-reactive ketones (excluding diaryl/α,β-unsaturated/α-hetero) is 1. The second kappa shape index (κ2) is 3.84. The Kier molecular flexibility index (Phi) is 2.93. The maximum absolute atomic E-state index is 11.2. The maximum Gasteiger partial charge on any atom is 0.211 e. The lowest BCUT2D eigenvalue weighted by Crippen LogP contribution is -2.22. The molecule has 15 heavy (non-hydrogen) atoms. The molecular formula is C10H15N3O2. The Hall–Kier alpha value is -1.65. The highest BCUT2D eigenvalue weighted by molar-refractivity contribution is 5.99. The van der Waals surface area contributed by atoms with E-state index in [1.807, 2.05) is 20.8 Å². The Balaban J connectivity index is 3.20. The number of carbonyl (C=O) groups excluding carboxylic acids is 2. The second-order valence-electron chi connectivity index (χ2n) is 4.33. The summed E-state index contributed by atoms with van der Waals surface area (Å²) in [7, 11) is 0. The van der Waals surface area contributed by atoms with Gasteiger partial charge < -0.3 is 5.32 Å². The molecule has 1 rings (SSSR count). The van der Waals surface area contributed by atoms with E-state index in [0.717, 1.165) is 0 Å². The first-order valence-electron chi connectivity index (χ1n) is 4.67. The van der Waals surface area contributed by atoms with Crippen LogP contribution in [0.3, 0.4) is 0 Å². The van der Waals surface area contributed by atoms with Crippen molar-refractivity contribution in [3.63, 3.8) is 0 Å². The van der Waals surface area contributed by atoms with E-state index in [9.17, 15) is 9.59 Å². The molecule has 0 unspecified atom stereocenters. The third kappa shape index (κ3) is 2.43. The molecule has 0 atom stereocenters. The van der Waals surface area contributed by atoms with Crippen LogP contribution < -0.4 is 5.32 Å². The summed E-state index contributed by atoms with van der Waals surface area (Å²) in [5.74, 6) is -0.164. The number of nitrogens with zero attached hydrogens (tertiary/aromatic N) is 2. The zero-order valence-corrected chi connectivity index (χ0v) is 9.37. The van der Waals surface area contributed by atoms with Crippen LogP contribution in [0, 0.1) is 0 Å². The van der Waals surface area contributed by atoms with Gasteiger partial charge in [0.05, 0.1) is 11.2 Å². The van der Waals surface area contributed by atoms with Gasteiger partial charge in [0.15, 0.2) is 11.5 Å². The SMILES string of the molecule is CC(=O)c1nn(C(C)(C)C)cc1NC=O. The lowest BCUT2D eigenvalue weighted by molar-refractivity contribution is -0.105. The van der Waals surface area contributed by atoms with Gasteiger partial charge in [-0.15, -0.1) is 0 Å². The molecular weight excluding hydrogens is 194 g/mol. The van der Waals surface area contributed by atoms with E-state index in [4.69, 9.17) is 0 Å². The van der Waals surface area contributed by atoms with Crippen LogP contribution in [0.5, 0.6) is 0 Å². The molecule has 0 aliphatic rings. The van der Waals surface area contributed by atoms with E-state index in [1.165, 1.54) is 6.92 Å². The highest BCUT2D eigenvalue weighted by Crippen LogP contribution is 2.20. The molecule has 0 aliphatic heterocycles. The lowest BCUT2D eigenvalue weighted by atomic mass is 10.1. The smallest absolute Gasteiger partial charge is 0.211 e. The van der Waals surface area contributed by atoms with Crippen LogP contribution in [-0.2, 0) is 10.3 Å². The molecule has 0 aromatic carbocycles. The predicted octanol–water partition coefficient (Wildman–Crippen LogP) is 1.41. The van der Waals surface area contributed by atoms with E-state index in [2.05, 4.69) is 10.4 Å². The van der Waals surface area contributed by atoms with Crippen molar-refractivity contribution >= 4 is 17.9 Å². The first-order chi connectivity index (χ1) is 6.86. The largest absolute Gasteiger partial charge is 0.325 e. The molecule has 1 N–H and O–H groups in total. The molecule has 0 fully saturated rings. The molecule has 0 spiro atoms. The molecule has 1 amide bonds. The maximum atomic E-state index is 11.2. The van der Waals surface area contributed by atoms with Crippen molar-refractivity contribution in [2.75, 3.05) is 5.32 Å². The fourth-order valence-electron chi connectivity index (χ4n) is 1.15. The molecule has 0 saturated heterocycles. The van der Waals surface area contributed by atoms with Gasteiger partial charge in [-0.1, -0.05) is 0 Å². The van der Waals surface area contributed by atoms with E-state index in [-0.39, 0.29) is 17.0 Å². The van der Waals surface area contributed by atoms with Crippen molar-refractivity contribution in [3.05, 3.63) is 11.9 Å². The summed E-state index contributed by atoms with van der Waals surface area (Å²) in [5.41, 5.74) is 0.525. The minimum Gasteiger partial charge on any atom is -0.325 e. The molecule has 0 aliphatic carbocycles. The van der Waals surface area contributed by atoms with Crippen molar-refractivity contribution in [2.24, 2.45) is 0 Å². The Labute approximate surface area is 88.5 Å². The number of aromatic nitrogens is 2. The molecule has 5 nitrogen and oxygen atoms in total. The van der Waals surface area contributed by atoms with Crippen molar-refractivity contribution in [3.8, 4) is 0 Å². The van der Waals surface area contributed by atoms with Gasteiger partial charge in [0, 0.05) is 13.1 Å². The molecule has 0 radical (unpaired) electrons. The number of hydrogen-bond donors (Lipinski definition) is 1. The standard InChI is InChI=1S/C10H15N3O2/c1-7(15)9-8(11-6-14)5-13(12-9)10(2,3)4/h5-6H,1-4H3,(H,11,14). The van der Waals surface area contributed by atoms with Crippen molar-refractivity contribution < 1.29 is 9.59 Å². The number of carbonyl (C=O) groups is 2. The predicted molar refractivity (Wildman–Crippen MR) is 56.9 cm³/mol. The van der Waals surface area contributed by atoms with E-state index in [0.29, 0.717) is 12.1 Å². The average Bonchev–Trinajstić information content (AvgIpc) is 2.48. The summed E-state index contributed by atoms with van der Waals surface area (Å²) in [4.78, 5) is 21.6. The summed E-state index contributed by atoms with van der Waals surface area (Å²) >= 11 is 0. The summed E-state index contributed by atoms with van der Waals surface area (Å²) in [5, 5.41) is 6.61. The third-order valence-electron chi connectivity index (χ3n) is 1.95. The Bertz CT molecular complexity index is 388. The van der Waals surface area contributed by atoms with Crippen LogP contribution in [0.1, 0.15) is 38.2 Å². The van der Waals surface area contributed by atoms with E-state index in [1.54, 1.807) is 10.9 Å². The normalized spacial score (nSPS) is 11.2. The Morgan fingerprint density at radius 1 is 1.53 bits per heavy atom. The van der Waals surface area contributed by atoms with Crippen molar-refractivity contribution in [2.45, 2.75) is 33.2 Å². The number of nitrogens with one attached hydrogen (secondary N) is 1. The fourth-order valence-corrected chi connectivity index (χ4v) is 1.15. The zero-order valence-electron chi connectivity index (χ0n) is 9.37. The van der Waals surface area contributed by atoms with Gasteiger partial charge in [-0.3, -0.25) is 14.3 Å². The van der Waals surface area contributed by atoms with Gasteiger partial charge in [-0.25, -0.2) is 0 Å². The first-order valence-corrected chi connectivity index (χ1v) is 4.67. The van der Waals surface area contributed by atoms with E-state index >= 15 is 0 Å². The van der Waals surface area contributed by atoms with Crippen molar-refractivity contribution in [1.82, 2.24) is 9.78 Å². The Morgan fingerprint density at radius 3 is 2.53 bits per heavy atom. The van der Waals surface area contributed by atoms with Crippen molar-refractivity contribution in [1.29, 1.82) is 0 Å².